The maximum Gasteiger partial charge on any atom is 0.300 e. The molecule has 2 aliphatic rings. The largest absolute Gasteiger partial charge is 0.507 e. The molecule has 0 aliphatic carbocycles. The molecule has 1 aromatic heterocycles. The Labute approximate surface area is 215 Å². The van der Waals surface area contributed by atoms with Crippen LogP contribution < -0.4 is 9.64 Å². The maximum absolute atomic E-state index is 13.7. The summed E-state index contributed by atoms with van der Waals surface area (Å²) in [4.78, 5) is 32.3. The Morgan fingerprint density at radius 3 is 2.54 bits per heavy atom. The number of nitrogens with one attached hydrogen (secondary N) is 1. The molecule has 3 aromatic carbocycles. The lowest BCUT2D eigenvalue weighted by molar-refractivity contribution is -0.132. The van der Waals surface area contributed by atoms with Gasteiger partial charge in [-0.3, -0.25) is 14.5 Å². The Balaban J connectivity index is 1.62. The molecule has 0 radical (unpaired) electrons. The van der Waals surface area contributed by atoms with E-state index in [1.165, 1.54) is 4.90 Å². The number of para-hydroxylation sites is 1. The molecule has 2 N–H and O–H groups in total. The van der Waals surface area contributed by atoms with Gasteiger partial charge >= 0.3 is 0 Å². The number of ether oxygens (including phenoxy) is 1. The molecule has 0 spiro atoms. The number of carbonyl (C=O) groups excluding carboxylic acids is 2. The number of aryl methyl sites for hydroxylation is 4. The normalized spacial score (nSPS) is 18.8. The number of benzene rings is 3. The van der Waals surface area contributed by atoms with Crippen LogP contribution >= 0.6 is 0 Å². The van der Waals surface area contributed by atoms with Crippen LogP contribution in [-0.2, 0) is 16.0 Å². The molecule has 3 heterocycles. The number of aliphatic hydroxyl groups excluding tert-OH is 1. The minimum atomic E-state index is -0.787. The summed E-state index contributed by atoms with van der Waals surface area (Å²) >= 11 is 0. The van der Waals surface area contributed by atoms with Gasteiger partial charge in [0.1, 0.15) is 11.5 Å². The lowest BCUT2D eigenvalue weighted by atomic mass is 9.92. The van der Waals surface area contributed by atoms with Gasteiger partial charge in [0.2, 0.25) is 0 Å². The second kappa shape index (κ2) is 8.66. The van der Waals surface area contributed by atoms with Crippen molar-refractivity contribution in [1.29, 1.82) is 0 Å². The molecular formula is C31H28N2O4. The van der Waals surface area contributed by atoms with Crippen LogP contribution in [-0.4, -0.2) is 28.4 Å². The Bertz CT molecular complexity index is 1610. The quantitative estimate of drug-likeness (QED) is 0.207. The van der Waals surface area contributed by atoms with Gasteiger partial charge in [0.05, 0.1) is 18.2 Å². The van der Waals surface area contributed by atoms with E-state index in [4.69, 9.17) is 4.74 Å². The number of H-pyrrole nitrogens is 1. The molecular weight excluding hydrogens is 464 g/mol. The predicted molar refractivity (Wildman–Crippen MR) is 144 cm³/mol. The first kappa shape index (κ1) is 23.1. The third-order valence-corrected chi connectivity index (χ3v) is 7.33. The van der Waals surface area contributed by atoms with E-state index in [1.807, 2.05) is 75.4 Å². The van der Waals surface area contributed by atoms with Crippen molar-refractivity contribution >= 4 is 34.0 Å². The fourth-order valence-electron chi connectivity index (χ4n) is 5.78. The zero-order valence-electron chi connectivity index (χ0n) is 21.1. The summed E-state index contributed by atoms with van der Waals surface area (Å²) in [6, 6.07) is 18.3. The van der Waals surface area contributed by atoms with E-state index in [9.17, 15) is 14.7 Å². The van der Waals surface area contributed by atoms with E-state index in [1.54, 1.807) is 6.07 Å². The van der Waals surface area contributed by atoms with E-state index in [-0.39, 0.29) is 11.3 Å². The number of hydrogen-bond acceptors (Lipinski definition) is 4. The topological polar surface area (TPSA) is 82.6 Å². The molecule has 1 atom stereocenters. The zero-order valence-corrected chi connectivity index (χ0v) is 21.1. The van der Waals surface area contributed by atoms with Crippen LogP contribution in [0.25, 0.3) is 16.7 Å². The molecule has 6 rings (SSSR count). The number of amides is 1. The molecule has 1 unspecified atom stereocenters. The average Bonchev–Trinajstić information content (AvgIpc) is 3.34. The van der Waals surface area contributed by atoms with Crippen LogP contribution in [0.4, 0.5) is 5.69 Å². The molecule has 6 heteroatoms. The van der Waals surface area contributed by atoms with Gasteiger partial charge in [-0.05, 0) is 86.7 Å². The predicted octanol–water partition coefficient (Wildman–Crippen LogP) is 6.04. The first-order valence-corrected chi connectivity index (χ1v) is 12.6. The third kappa shape index (κ3) is 3.71. The minimum absolute atomic E-state index is 0.0914. The summed E-state index contributed by atoms with van der Waals surface area (Å²) in [7, 11) is 0. The highest BCUT2D eigenvalue weighted by molar-refractivity contribution is 6.52. The number of aromatic amines is 1. The lowest BCUT2D eigenvalue weighted by Gasteiger charge is -2.26. The zero-order chi connectivity index (χ0) is 25.8. The summed E-state index contributed by atoms with van der Waals surface area (Å²) in [6.07, 6.45) is 1.72. The summed E-state index contributed by atoms with van der Waals surface area (Å²) in [6.45, 7) is 6.54. The number of ketones is 1. The van der Waals surface area contributed by atoms with Crippen LogP contribution in [0.15, 0.2) is 66.2 Å². The average molecular weight is 493 g/mol. The number of anilines is 1. The van der Waals surface area contributed by atoms with E-state index < -0.39 is 17.7 Å². The van der Waals surface area contributed by atoms with Crippen molar-refractivity contribution < 1.29 is 19.4 Å². The van der Waals surface area contributed by atoms with Crippen molar-refractivity contribution in [3.8, 4) is 5.75 Å². The van der Waals surface area contributed by atoms with Gasteiger partial charge in [0.15, 0.2) is 0 Å². The molecule has 1 amide bonds. The number of Topliss-reactive ketones (excluding diaryl/α,β-unsaturated/α-hetero) is 1. The van der Waals surface area contributed by atoms with Crippen LogP contribution in [0.5, 0.6) is 5.75 Å². The highest BCUT2D eigenvalue weighted by atomic mass is 16.5. The van der Waals surface area contributed by atoms with Crippen molar-refractivity contribution in [2.24, 2.45) is 0 Å². The lowest BCUT2D eigenvalue weighted by Crippen LogP contribution is -2.29. The molecule has 4 aromatic rings. The van der Waals surface area contributed by atoms with Gasteiger partial charge in [0.25, 0.3) is 11.7 Å². The Morgan fingerprint density at radius 2 is 1.76 bits per heavy atom. The van der Waals surface area contributed by atoms with Crippen molar-refractivity contribution in [3.05, 3.63) is 99.7 Å². The molecule has 186 valence electrons. The van der Waals surface area contributed by atoms with E-state index in [0.29, 0.717) is 17.9 Å². The van der Waals surface area contributed by atoms with Gasteiger partial charge in [-0.2, -0.15) is 0 Å². The van der Waals surface area contributed by atoms with Gasteiger partial charge in [-0.15, -0.1) is 0 Å². The van der Waals surface area contributed by atoms with Crippen LogP contribution in [0, 0.1) is 20.8 Å². The van der Waals surface area contributed by atoms with Crippen LogP contribution in [0.3, 0.4) is 0 Å². The molecule has 1 fully saturated rings. The smallest absolute Gasteiger partial charge is 0.300 e. The number of aromatic nitrogens is 1. The van der Waals surface area contributed by atoms with Crippen molar-refractivity contribution in [2.75, 3.05) is 11.5 Å². The Morgan fingerprint density at radius 1 is 1.00 bits per heavy atom. The number of fused-ring (bicyclic) bond motifs is 2. The molecule has 37 heavy (non-hydrogen) atoms. The number of hydrogen-bond donors (Lipinski definition) is 2. The van der Waals surface area contributed by atoms with Crippen LogP contribution in [0.2, 0.25) is 0 Å². The fourth-order valence-corrected chi connectivity index (χ4v) is 5.78. The summed E-state index contributed by atoms with van der Waals surface area (Å²) in [5, 5.41) is 12.6. The minimum Gasteiger partial charge on any atom is -0.507 e. The van der Waals surface area contributed by atoms with Crippen molar-refractivity contribution in [2.45, 2.75) is 39.7 Å². The molecule has 1 saturated heterocycles. The van der Waals surface area contributed by atoms with Crippen molar-refractivity contribution in [1.82, 2.24) is 4.98 Å². The third-order valence-electron chi connectivity index (χ3n) is 7.33. The second-order valence-electron chi connectivity index (χ2n) is 10.00. The first-order chi connectivity index (χ1) is 17.8. The fraction of sp³-hybridized carbons (Fsp3) is 0.226. The number of carbonyl (C=O) groups is 2. The van der Waals surface area contributed by atoms with Gasteiger partial charge in [0, 0.05) is 33.4 Å². The molecule has 0 saturated carbocycles. The standard InChI is InChI=1S/C31H28N2O4/c1-17-13-18(2)15-22(14-17)33-28(26-19(3)32-24-9-5-4-8-23(24)26)27(30(35)31(33)36)29(34)21-10-11-25-20(16-21)7-6-12-37-25/h4-5,8-11,13-16,28,32,34H,6-7,12H2,1-3H3/b29-27+. The highest BCUT2D eigenvalue weighted by Gasteiger charge is 2.48. The first-order valence-electron chi connectivity index (χ1n) is 12.6. The van der Waals surface area contributed by atoms with E-state index >= 15 is 0 Å². The molecule has 0 bridgehead atoms. The maximum atomic E-state index is 13.7. The summed E-state index contributed by atoms with van der Waals surface area (Å²) in [5.74, 6) is -0.723. The highest BCUT2D eigenvalue weighted by Crippen LogP contribution is 2.46. The molecule has 2 aliphatic heterocycles. The summed E-state index contributed by atoms with van der Waals surface area (Å²) in [5.41, 5.74) is 6.74. The summed E-state index contributed by atoms with van der Waals surface area (Å²) < 4.78 is 5.73. The van der Waals surface area contributed by atoms with Gasteiger partial charge in [-0.25, -0.2) is 0 Å². The van der Waals surface area contributed by atoms with Gasteiger partial charge < -0.3 is 14.8 Å². The van der Waals surface area contributed by atoms with E-state index in [2.05, 4.69) is 4.98 Å². The Kier molecular flexibility index (Phi) is 5.41. The monoisotopic (exact) mass is 492 g/mol. The number of rotatable bonds is 3. The Hall–Kier alpha value is -4.32. The van der Waals surface area contributed by atoms with Crippen molar-refractivity contribution in [3.63, 3.8) is 0 Å². The van der Waals surface area contributed by atoms with Crippen LogP contribution in [0.1, 0.15) is 46.0 Å². The van der Waals surface area contributed by atoms with Gasteiger partial charge in [-0.1, -0.05) is 24.3 Å². The van der Waals surface area contributed by atoms with E-state index in [0.717, 1.165) is 57.4 Å². The molecule has 6 nitrogen and oxygen atoms in total. The second-order valence-corrected chi connectivity index (χ2v) is 10.00. The SMILES string of the molecule is Cc1cc(C)cc(N2C(=O)C(=O)/C(=C(/O)c3ccc4c(c3)CCCO4)C2c2c(C)[nH]c3ccccc23)c1. The number of aliphatic hydroxyl groups is 1. The number of nitrogens with zero attached hydrogens (tertiary/aromatic N) is 1.